The molecule has 1 unspecified atom stereocenters. The first-order chi connectivity index (χ1) is 19.0. The van der Waals surface area contributed by atoms with E-state index in [1.807, 2.05) is 77.9 Å². The highest BCUT2D eigenvalue weighted by Gasteiger charge is 2.34. The number of benzene rings is 3. The third-order valence-electron chi connectivity index (χ3n) is 6.92. The second-order valence-electron chi connectivity index (χ2n) is 10.3. The largest absolute Gasteiger partial charge is 0.354 e. The van der Waals surface area contributed by atoms with Gasteiger partial charge in [0, 0.05) is 13.1 Å². The number of nitrogens with zero attached hydrogens (tertiary/aromatic N) is 2. The quantitative estimate of drug-likeness (QED) is 0.318. The highest BCUT2D eigenvalue weighted by Crippen LogP contribution is 2.28. The minimum Gasteiger partial charge on any atom is -0.354 e. The molecule has 0 aliphatic heterocycles. The first-order valence-corrected chi connectivity index (χ1v) is 15.2. The van der Waals surface area contributed by atoms with Crippen LogP contribution in [0.2, 0.25) is 0 Å². The summed E-state index contributed by atoms with van der Waals surface area (Å²) in [5, 5.41) is 2.91. The van der Waals surface area contributed by atoms with Crippen molar-refractivity contribution in [2.24, 2.45) is 0 Å². The molecule has 3 aromatic rings. The van der Waals surface area contributed by atoms with E-state index in [1.165, 1.54) is 9.21 Å². The summed E-state index contributed by atoms with van der Waals surface area (Å²) in [5.74, 6) is -0.695. The van der Waals surface area contributed by atoms with Crippen molar-refractivity contribution >= 4 is 27.5 Å². The minimum absolute atomic E-state index is 0.101. The Morgan fingerprint density at radius 2 is 1.40 bits per heavy atom. The lowest BCUT2D eigenvalue weighted by atomic mass is 10.1. The van der Waals surface area contributed by atoms with E-state index in [0.29, 0.717) is 18.7 Å². The summed E-state index contributed by atoms with van der Waals surface area (Å²) in [6.07, 6.45) is 1.16. The number of aryl methyl sites for hydroxylation is 4. The first-order valence-electron chi connectivity index (χ1n) is 13.8. The molecule has 0 bridgehead atoms. The molecule has 0 heterocycles. The molecule has 3 rings (SSSR count). The van der Waals surface area contributed by atoms with Crippen LogP contribution in [0.15, 0.2) is 71.6 Å². The van der Waals surface area contributed by atoms with Gasteiger partial charge < -0.3 is 10.2 Å². The lowest BCUT2D eigenvalue weighted by Crippen LogP contribution is -2.52. The molecule has 0 aliphatic carbocycles. The molecular formula is C32H41N3O4S. The Labute approximate surface area is 239 Å². The molecule has 0 saturated carbocycles. The van der Waals surface area contributed by atoms with Gasteiger partial charge in [-0.25, -0.2) is 8.42 Å². The molecule has 0 radical (unpaired) electrons. The standard InChI is InChI=1S/C32H41N3O4S/c1-7-19-33-32(37)29(8-2)34(21-27-14-9-23(3)10-15-27)31(36)22-35(30-18-13-25(5)20-26(30)6)40(38,39)28-16-11-24(4)12-17-28/h9-18,20,29H,7-8,19,21-22H2,1-6H3,(H,33,37). The molecule has 40 heavy (non-hydrogen) atoms. The summed E-state index contributed by atoms with van der Waals surface area (Å²) in [5.41, 5.74) is 5.03. The molecule has 0 aliphatic rings. The second kappa shape index (κ2) is 13.6. The van der Waals surface area contributed by atoms with Gasteiger partial charge in [0.05, 0.1) is 10.6 Å². The van der Waals surface area contributed by atoms with E-state index < -0.39 is 28.5 Å². The summed E-state index contributed by atoms with van der Waals surface area (Å²) >= 11 is 0. The zero-order valence-electron chi connectivity index (χ0n) is 24.4. The van der Waals surface area contributed by atoms with Gasteiger partial charge in [0.1, 0.15) is 12.6 Å². The van der Waals surface area contributed by atoms with E-state index in [-0.39, 0.29) is 17.3 Å². The number of anilines is 1. The zero-order chi connectivity index (χ0) is 29.4. The predicted octanol–water partition coefficient (Wildman–Crippen LogP) is 5.45. The third-order valence-corrected chi connectivity index (χ3v) is 8.69. The number of hydrogen-bond acceptors (Lipinski definition) is 4. The molecule has 0 saturated heterocycles. The van der Waals surface area contributed by atoms with Crippen LogP contribution in [0.3, 0.4) is 0 Å². The third kappa shape index (κ3) is 7.50. The van der Waals surface area contributed by atoms with Crippen molar-refractivity contribution in [2.75, 3.05) is 17.4 Å². The Morgan fingerprint density at radius 1 is 0.825 bits per heavy atom. The van der Waals surface area contributed by atoms with Crippen LogP contribution in [0.4, 0.5) is 5.69 Å². The lowest BCUT2D eigenvalue weighted by molar-refractivity contribution is -0.140. The van der Waals surface area contributed by atoms with Crippen LogP contribution in [0, 0.1) is 27.7 Å². The zero-order valence-corrected chi connectivity index (χ0v) is 25.2. The number of carbonyl (C=O) groups is 2. The van der Waals surface area contributed by atoms with Crippen LogP contribution in [0.25, 0.3) is 0 Å². The average molecular weight is 564 g/mol. The van der Waals surface area contributed by atoms with Crippen molar-refractivity contribution in [1.82, 2.24) is 10.2 Å². The van der Waals surface area contributed by atoms with Crippen LogP contribution >= 0.6 is 0 Å². The molecule has 2 amide bonds. The summed E-state index contributed by atoms with van der Waals surface area (Å²) in [6, 6.07) is 19.1. The van der Waals surface area contributed by atoms with Crippen molar-refractivity contribution in [1.29, 1.82) is 0 Å². The summed E-state index contributed by atoms with van der Waals surface area (Å²) in [7, 11) is -4.09. The van der Waals surface area contributed by atoms with Crippen LogP contribution in [-0.4, -0.2) is 44.3 Å². The SMILES string of the molecule is CCCNC(=O)C(CC)N(Cc1ccc(C)cc1)C(=O)CN(c1ccc(C)cc1C)S(=O)(=O)c1ccc(C)cc1. The van der Waals surface area contributed by atoms with Crippen molar-refractivity contribution < 1.29 is 18.0 Å². The Kier molecular flexibility index (Phi) is 10.5. The fourth-order valence-electron chi connectivity index (χ4n) is 4.61. The van der Waals surface area contributed by atoms with Crippen LogP contribution in [0.5, 0.6) is 0 Å². The van der Waals surface area contributed by atoms with Gasteiger partial charge in [-0.05, 0) is 69.9 Å². The van der Waals surface area contributed by atoms with Crippen molar-refractivity contribution in [3.05, 3.63) is 94.5 Å². The Balaban J connectivity index is 2.08. The van der Waals surface area contributed by atoms with Gasteiger partial charge in [-0.3, -0.25) is 13.9 Å². The second-order valence-corrected chi connectivity index (χ2v) is 12.2. The normalized spacial score (nSPS) is 12.1. The average Bonchev–Trinajstić information content (AvgIpc) is 2.92. The van der Waals surface area contributed by atoms with E-state index in [9.17, 15) is 18.0 Å². The van der Waals surface area contributed by atoms with Gasteiger partial charge in [0.15, 0.2) is 0 Å². The van der Waals surface area contributed by atoms with Gasteiger partial charge in [-0.2, -0.15) is 0 Å². The number of sulfonamides is 1. The molecule has 1 N–H and O–H groups in total. The summed E-state index contributed by atoms with van der Waals surface area (Å²) < 4.78 is 29.2. The maximum atomic E-state index is 14.1. The maximum Gasteiger partial charge on any atom is 0.264 e. The number of nitrogens with one attached hydrogen (secondary N) is 1. The highest BCUT2D eigenvalue weighted by atomic mass is 32.2. The van der Waals surface area contributed by atoms with E-state index in [1.54, 1.807) is 30.3 Å². The number of rotatable bonds is 12. The van der Waals surface area contributed by atoms with E-state index in [4.69, 9.17) is 0 Å². The van der Waals surface area contributed by atoms with Crippen molar-refractivity contribution in [3.8, 4) is 0 Å². The van der Waals surface area contributed by atoms with Crippen molar-refractivity contribution in [3.63, 3.8) is 0 Å². The van der Waals surface area contributed by atoms with E-state index >= 15 is 0 Å². The summed E-state index contributed by atoms with van der Waals surface area (Å²) in [6.45, 7) is 11.7. The van der Waals surface area contributed by atoms with Gasteiger partial charge in [0.25, 0.3) is 10.0 Å². The van der Waals surface area contributed by atoms with Gasteiger partial charge >= 0.3 is 0 Å². The predicted molar refractivity (Wildman–Crippen MR) is 161 cm³/mol. The monoisotopic (exact) mass is 563 g/mol. The van der Waals surface area contributed by atoms with Crippen LogP contribution < -0.4 is 9.62 Å². The number of carbonyl (C=O) groups excluding carboxylic acids is 2. The van der Waals surface area contributed by atoms with Crippen LogP contribution in [0.1, 0.15) is 54.5 Å². The van der Waals surface area contributed by atoms with Gasteiger partial charge in [-0.1, -0.05) is 79.1 Å². The minimum atomic E-state index is -4.09. The smallest absolute Gasteiger partial charge is 0.264 e. The first kappa shape index (κ1) is 30.9. The molecule has 3 aromatic carbocycles. The van der Waals surface area contributed by atoms with E-state index in [0.717, 1.165) is 34.2 Å². The molecule has 7 nitrogen and oxygen atoms in total. The van der Waals surface area contributed by atoms with E-state index in [2.05, 4.69) is 5.32 Å². The van der Waals surface area contributed by atoms with Crippen LogP contribution in [-0.2, 0) is 26.2 Å². The summed E-state index contributed by atoms with van der Waals surface area (Å²) in [4.78, 5) is 28.9. The van der Waals surface area contributed by atoms with Crippen molar-refractivity contribution in [2.45, 2.75) is 71.9 Å². The molecule has 0 spiro atoms. The highest BCUT2D eigenvalue weighted by molar-refractivity contribution is 7.92. The molecule has 1 atom stereocenters. The fraction of sp³-hybridized carbons (Fsp3) is 0.375. The lowest BCUT2D eigenvalue weighted by Gasteiger charge is -2.33. The van der Waals surface area contributed by atoms with Gasteiger partial charge in [0.2, 0.25) is 11.8 Å². The topological polar surface area (TPSA) is 86.8 Å². The Morgan fingerprint density at radius 3 is 1.95 bits per heavy atom. The molecule has 8 heteroatoms. The number of hydrogen-bond donors (Lipinski definition) is 1. The van der Waals surface area contributed by atoms with Gasteiger partial charge in [-0.15, -0.1) is 0 Å². The molecule has 214 valence electrons. The molecule has 0 fully saturated rings. The fourth-order valence-corrected chi connectivity index (χ4v) is 6.09. The molecule has 0 aromatic heterocycles. The number of amides is 2. The Hall–Kier alpha value is -3.65. The maximum absolute atomic E-state index is 14.1. The Bertz CT molecular complexity index is 1420. The molecular weight excluding hydrogens is 522 g/mol.